The summed E-state index contributed by atoms with van der Waals surface area (Å²) in [6.07, 6.45) is 0. The molecule has 0 spiro atoms. The second-order valence-corrected chi connectivity index (χ2v) is 4.90. The van der Waals surface area contributed by atoms with Crippen molar-refractivity contribution in [2.45, 2.75) is 0 Å². The Morgan fingerprint density at radius 2 is 2.17 bits per heavy atom. The van der Waals surface area contributed by atoms with Crippen LogP contribution in [-0.4, -0.2) is 5.11 Å². The first-order chi connectivity index (χ1) is 5.68. The van der Waals surface area contributed by atoms with Gasteiger partial charge in [-0.1, -0.05) is 0 Å². The SMILES string of the molecule is Nc1ccc(O)c2sc(Br)cc12. The molecule has 0 saturated carbocycles. The number of fused-ring (bicyclic) bond motifs is 1. The number of phenolic OH excluding ortho intramolecular Hbond substituents is 1. The van der Waals surface area contributed by atoms with Crippen LogP contribution in [0.5, 0.6) is 5.75 Å². The van der Waals surface area contributed by atoms with Crippen molar-refractivity contribution < 1.29 is 5.11 Å². The quantitative estimate of drug-likeness (QED) is 0.552. The number of phenols is 1. The molecule has 12 heavy (non-hydrogen) atoms. The summed E-state index contributed by atoms with van der Waals surface area (Å²) in [6.45, 7) is 0. The zero-order valence-corrected chi connectivity index (χ0v) is 8.45. The minimum atomic E-state index is 0.287. The summed E-state index contributed by atoms with van der Waals surface area (Å²) < 4.78 is 1.81. The number of hydrogen-bond donors (Lipinski definition) is 2. The van der Waals surface area contributed by atoms with E-state index in [0.29, 0.717) is 5.69 Å². The molecule has 0 aliphatic rings. The third kappa shape index (κ3) is 1.07. The van der Waals surface area contributed by atoms with Crippen LogP contribution in [0.15, 0.2) is 22.0 Å². The van der Waals surface area contributed by atoms with Gasteiger partial charge in [0.05, 0.1) is 8.49 Å². The summed E-state index contributed by atoms with van der Waals surface area (Å²) in [5.74, 6) is 0.287. The van der Waals surface area contributed by atoms with Crippen molar-refractivity contribution in [2.24, 2.45) is 0 Å². The molecule has 62 valence electrons. The van der Waals surface area contributed by atoms with Gasteiger partial charge in [0, 0.05) is 11.1 Å². The highest BCUT2D eigenvalue weighted by Crippen LogP contribution is 2.38. The summed E-state index contributed by atoms with van der Waals surface area (Å²) >= 11 is 4.82. The van der Waals surface area contributed by atoms with Gasteiger partial charge in [0.25, 0.3) is 0 Å². The van der Waals surface area contributed by atoms with E-state index in [2.05, 4.69) is 15.9 Å². The molecule has 1 aromatic heterocycles. The zero-order valence-electron chi connectivity index (χ0n) is 6.04. The van der Waals surface area contributed by atoms with Crippen molar-refractivity contribution in [2.75, 3.05) is 5.73 Å². The molecule has 2 rings (SSSR count). The molecule has 4 heteroatoms. The molecule has 0 atom stereocenters. The summed E-state index contributed by atoms with van der Waals surface area (Å²) in [6, 6.07) is 5.23. The Balaban J connectivity index is 2.93. The molecule has 2 aromatic rings. The summed E-state index contributed by atoms with van der Waals surface area (Å²) in [7, 11) is 0. The number of rotatable bonds is 0. The maximum absolute atomic E-state index is 9.44. The van der Waals surface area contributed by atoms with Gasteiger partial charge in [-0.25, -0.2) is 0 Å². The average molecular weight is 244 g/mol. The third-order valence-corrected chi connectivity index (χ3v) is 3.33. The van der Waals surface area contributed by atoms with E-state index in [1.165, 1.54) is 11.3 Å². The van der Waals surface area contributed by atoms with Crippen LogP contribution in [0.4, 0.5) is 5.69 Å². The Morgan fingerprint density at radius 1 is 1.42 bits per heavy atom. The maximum atomic E-state index is 9.44. The third-order valence-electron chi connectivity index (χ3n) is 1.67. The molecule has 0 aliphatic heterocycles. The van der Waals surface area contributed by atoms with Crippen molar-refractivity contribution in [3.05, 3.63) is 22.0 Å². The number of benzene rings is 1. The van der Waals surface area contributed by atoms with Crippen LogP contribution in [0.2, 0.25) is 0 Å². The first-order valence-electron chi connectivity index (χ1n) is 3.35. The van der Waals surface area contributed by atoms with Crippen molar-refractivity contribution in [3.63, 3.8) is 0 Å². The summed E-state index contributed by atoms with van der Waals surface area (Å²) in [4.78, 5) is 0. The lowest BCUT2D eigenvalue weighted by molar-refractivity contribution is 0.482. The lowest BCUT2D eigenvalue weighted by atomic mass is 10.2. The number of nitrogen functional groups attached to an aromatic ring is 1. The summed E-state index contributed by atoms with van der Waals surface area (Å²) in [5.41, 5.74) is 6.41. The number of hydrogen-bond acceptors (Lipinski definition) is 3. The van der Waals surface area contributed by atoms with E-state index in [0.717, 1.165) is 13.9 Å². The molecule has 2 nitrogen and oxygen atoms in total. The monoisotopic (exact) mass is 243 g/mol. The Bertz CT molecular complexity index is 399. The van der Waals surface area contributed by atoms with Crippen LogP contribution in [0.3, 0.4) is 0 Å². The van der Waals surface area contributed by atoms with Crippen LogP contribution in [0.25, 0.3) is 10.1 Å². The van der Waals surface area contributed by atoms with Gasteiger partial charge in [0.1, 0.15) is 5.75 Å². The normalized spacial score (nSPS) is 10.8. The molecule has 0 fully saturated rings. The molecule has 3 N–H and O–H groups in total. The van der Waals surface area contributed by atoms with Crippen molar-refractivity contribution in [1.29, 1.82) is 0 Å². The van der Waals surface area contributed by atoms with E-state index in [9.17, 15) is 5.11 Å². The molecule has 0 aliphatic carbocycles. The van der Waals surface area contributed by atoms with E-state index >= 15 is 0 Å². The Hall–Kier alpha value is -0.740. The van der Waals surface area contributed by atoms with Crippen molar-refractivity contribution >= 4 is 43.0 Å². The zero-order chi connectivity index (χ0) is 8.72. The maximum Gasteiger partial charge on any atom is 0.133 e. The van der Waals surface area contributed by atoms with Gasteiger partial charge in [-0.2, -0.15) is 0 Å². The minimum absolute atomic E-state index is 0.287. The second-order valence-electron chi connectivity index (χ2n) is 2.47. The first kappa shape index (κ1) is 7.89. The fourth-order valence-corrected chi connectivity index (χ4v) is 2.65. The second kappa shape index (κ2) is 2.64. The van der Waals surface area contributed by atoms with E-state index in [4.69, 9.17) is 5.73 Å². The van der Waals surface area contributed by atoms with E-state index in [1.54, 1.807) is 12.1 Å². The van der Waals surface area contributed by atoms with Crippen molar-refractivity contribution in [3.8, 4) is 5.75 Å². The van der Waals surface area contributed by atoms with Gasteiger partial charge in [-0.05, 0) is 34.1 Å². The Labute approximate surface area is 81.8 Å². The first-order valence-corrected chi connectivity index (χ1v) is 4.96. The number of aromatic hydroxyl groups is 1. The highest BCUT2D eigenvalue weighted by Gasteiger charge is 2.06. The van der Waals surface area contributed by atoms with Crippen molar-refractivity contribution in [1.82, 2.24) is 0 Å². The predicted octanol–water partition coefficient (Wildman–Crippen LogP) is 2.95. The predicted molar refractivity (Wildman–Crippen MR) is 55.6 cm³/mol. The summed E-state index contributed by atoms with van der Waals surface area (Å²) in [5, 5.41) is 10.4. The molecule has 1 aromatic carbocycles. The Morgan fingerprint density at radius 3 is 2.83 bits per heavy atom. The van der Waals surface area contributed by atoms with Gasteiger partial charge < -0.3 is 10.8 Å². The molecular weight excluding hydrogens is 238 g/mol. The van der Waals surface area contributed by atoms with Crippen LogP contribution in [-0.2, 0) is 0 Å². The van der Waals surface area contributed by atoms with Crippen LogP contribution in [0, 0.1) is 0 Å². The fraction of sp³-hybridized carbons (Fsp3) is 0. The van der Waals surface area contributed by atoms with Gasteiger partial charge in [-0.3, -0.25) is 0 Å². The van der Waals surface area contributed by atoms with Crippen LogP contribution in [0.1, 0.15) is 0 Å². The smallest absolute Gasteiger partial charge is 0.133 e. The topological polar surface area (TPSA) is 46.2 Å². The van der Waals surface area contributed by atoms with E-state index in [1.807, 2.05) is 6.07 Å². The molecule has 0 amide bonds. The van der Waals surface area contributed by atoms with Gasteiger partial charge >= 0.3 is 0 Å². The van der Waals surface area contributed by atoms with Gasteiger partial charge in [0.15, 0.2) is 0 Å². The molecule has 0 bridgehead atoms. The highest BCUT2D eigenvalue weighted by atomic mass is 79.9. The number of halogens is 1. The average Bonchev–Trinajstić information content (AvgIpc) is 2.41. The molecule has 1 heterocycles. The van der Waals surface area contributed by atoms with E-state index < -0.39 is 0 Å². The standard InChI is InChI=1S/C8H6BrNOS/c9-7-3-4-5(10)1-2-6(11)8(4)12-7/h1-3,11H,10H2. The number of anilines is 1. The highest BCUT2D eigenvalue weighted by molar-refractivity contribution is 9.11. The lowest BCUT2D eigenvalue weighted by Gasteiger charge is -1.96. The molecule has 0 unspecified atom stereocenters. The van der Waals surface area contributed by atoms with E-state index in [-0.39, 0.29) is 5.75 Å². The number of nitrogens with two attached hydrogens (primary N) is 1. The molecule has 0 radical (unpaired) electrons. The fourth-order valence-electron chi connectivity index (χ4n) is 1.10. The Kier molecular flexibility index (Phi) is 1.73. The molecular formula is C8H6BrNOS. The van der Waals surface area contributed by atoms with Gasteiger partial charge in [0.2, 0.25) is 0 Å². The molecule has 0 saturated heterocycles. The minimum Gasteiger partial charge on any atom is -0.506 e. The lowest BCUT2D eigenvalue weighted by Crippen LogP contribution is -1.83. The van der Waals surface area contributed by atoms with Gasteiger partial charge in [-0.15, -0.1) is 11.3 Å². The largest absolute Gasteiger partial charge is 0.506 e. The number of thiophene rings is 1. The van der Waals surface area contributed by atoms with Crippen LogP contribution >= 0.6 is 27.3 Å². The van der Waals surface area contributed by atoms with Crippen LogP contribution < -0.4 is 5.73 Å².